The third-order valence-electron chi connectivity index (χ3n) is 5.21. The molecule has 0 aliphatic carbocycles. The topological polar surface area (TPSA) is 72.6 Å². The van der Waals surface area contributed by atoms with Gasteiger partial charge in [0, 0.05) is 35.5 Å². The highest BCUT2D eigenvalue weighted by Crippen LogP contribution is 2.35. The van der Waals surface area contributed by atoms with Gasteiger partial charge in [0.05, 0.1) is 6.61 Å². The number of aryl methyl sites for hydroxylation is 1. The van der Waals surface area contributed by atoms with Crippen LogP contribution in [0.3, 0.4) is 0 Å². The zero-order valence-electron chi connectivity index (χ0n) is 16.0. The van der Waals surface area contributed by atoms with Gasteiger partial charge in [0.2, 0.25) is 5.91 Å². The lowest BCUT2D eigenvalue weighted by molar-refractivity contribution is -0.122. The number of benzene rings is 2. The molecule has 28 heavy (non-hydrogen) atoms. The lowest BCUT2D eigenvalue weighted by Gasteiger charge is -2.42. The van der Waals surface area contributed by atoms with Crippen molar-refractivity contribution in [2.45, 2.75) is 26.2 Å². The van der Waals surface area contributed by atoms with Crippen LogP contribution in [-0.2, 0) is 4.79 Å². The zero-order chi connectivity index (χ0) is 20.1. The van der Waals surface area contributed by atoms with E-state index in [-0.39, 0.29) is 18.2 Å². The average molecular weight is 401 g/mol. The number of hydrogen-bond donors (Lipinski definition) is 1. The molecule has 6 heteroatoms. The van der Waals surface area contributed by atoms with Gasteiger partial charge in [-0.25, -0.2) is 0 Å². The van der Waals surface area contributed by atoms with Crippen LogP contribution in [0.15, 0.2) is 48.5 Å². The third kappa shape index (κ3) is 4.84. The molecular formula is C22H25ClN2O3. The molecule has 3 rings (SSSR count). The van der Waals surface area contributed by atoms with E-state index in [0.29, 0.717) is 36.0 Å². The minimum absolute atomic E-state index is 0.0191. The highest BCUT2D eigenvalue weighted by Gasteiger charge is 2.39. The fourth-order valence-corrected chi connectivity index (χ4v) is 4.02. The highest BCUT2D eigenvalue weighted by molar-refractivity contribution is 6.30. The molecule has 1 aliphatic heterocycles. The SMILES string of the molecule is Cc1ccccc1C(=O)N1CCC[C@@](COc2cccc(Cl)c2)(CC(N)=O)C1. The number of rotatable bonds is 6. The standard InChI is InChI=1S/C22H25ClN2O3/c1-16-6-2-3-9-19(16)21(27)25-11-5-10-22(14-25,13-20(24)26)15-28-18-8-4-7-17(23)12-18/h2-4,6-9,12H,5,10-11,13-15H2,1H3,(H2,24,26)/t22-/m1/s1. The molecule has 2 amide bonds. The summed E-state index contributed by atoms with van der Waals surface area (Å²) in [6.07, 6.45) is 1.74. The summed E-state index contributed by atoms with van der Waals surface area (Å²) in [5.41, 5.74) is 6.66. The summed E-state index contributed by atoms with van der Waals surface area (Å²) in [6.45, 7) is 3.32. The first-order valence-electron chi connectivity index (χ1n) is 9.40. The molecule has 1 aliphatic rings. The first-order valence-corrected chi connectivity index (χ1v) is 9.78. The number of piperidine rings is 1. The van der Waals surface area contributed by atoms with E-state index in [1.165, 1.54) is 0 Å². The maximum atomic E-state index is 13.1. The first-order chi connectivity index (χ1) is 13.4. The van der Waals surface area contributed by atoms with E-state index in [9.17, 15) is 9.59 Å². The molecule has 2 aromatic rings. The first kappa shape index (κ1) is 20.2. The molecule has 5 nitrogen and oxygen atoms in total. The Morgan fingerprint density at radius 2 is 2.00 bits per heavy atom. The average Bonchev–Trinajstić information content (AvgIpc) is 2.66. The van der Waals surface area contributed by atoms with Crippen LogP contribution in [-0.4, -0.2) is 36.4 Å². The second-order valence-electron chi connectivity index (χ2n) is 7.53. The number of amides is 2. The molecular weight excluding hydrogens is 376 g/mol. The van der Waals surface area contributed by atoms with E-state index < -0.39 is 5.41 Å². The predicted octanol–water partition coefficient (Wildman–Crippen LogP) is 3.83. The van der Waals surface area contributed by atoms with E-state index >= 15 is 0 Å². The molecule has 1 heterocycles. The van der Waals surface area contributed by atoms with Crippen molar-refractivity contribution in [3.05, 3.63) is 64.7 Å². The fourth-order valence-electron chi connectivity index (χ4n) is 3.84. The highest BCUT2D eigenvalue weighted by atomic mass is 35.5. The maximum Gasteiger partial charge on any atom is 0.254 e. The molecule has 1 fully saturated rings. The van der Waals surface area contributed by atoms with Crippen molar-refractivity contribution in [2.75, 3.05) is 19.7 Å². The van der Waals surface area contributed by atoms with Crippen LogP contribution in [0.2, 0.25) is 5.02 Å². The Morgan fingerprint density at radius 1 is 1.21 bits per heavy atom. The van der Waals surface area contributed by atoms with E-state index in [2.05, 4.69) is 0 Å². The number of ether oxygens (including phenoxy) is 1. The van der Waals surface area contributed by atoms with Crippen LogP contribution in [0.25, 0.3) is 0 Å². The van der Waals surface area contributed by atoms with Crippen molar-refractivity contribution in [1.29, 1.82) is 0 Å². The number of nitrogens with two attached hydrogens (primary N) is 1. The van der Waals surface area contributed by atoms with E-state index in [0.717, 1.165) is 18.4 Å². The molecule has 0 unspecified atom stereocenters. The van der Waals surface area contributed by atoms with Gasteiger partial charge in [-0.2, -0.15) is 0 Å². The largest absolute Gasteiger partial charge is 0.493 e. The Balaban J connectivity index is 1.79. The van der Waals surface area contributed by atoms with Crippen molar-refractivity contribution in [3.8, 4) is 5.75 Å². The van der Waals surface area contributed by atoms with Gasteiger partial charge in [-0.3, -0.25) is 9.59 Å². The Morgan fingerprint density at radius 3 is 2.71 bits per heavy atom. The van der Waals surface area contributed by atoms with Crippen LogP contribution >= 0.6 is 11.6 Å². The van der Waals surface area contributed by atoms with Gasteiger partial charge in [-0.1, -0.05) is 35.9 Å². The lowest BCUT2D eigenvalue weighted by atomic mass is 9.77. The van der Waals surface area contributed by atoms with Crippen LogP contribution in [0, 0.1) is 12.3 Å². The summed E-state index contributed by atoms with van der Waals surface area (Å²) < 4.78 is 5.96. The van der Waals surface area contributed by atoms with E-state index in [4.69, 9.17) is 22.1 Å². The van der Waals surface area contributed by atoms with Gasteiger partial charge in [-0.05, 0) is 49.6 Å². The van der Waals surface area contributed by atoms with E-state index in [1.54, 1.807) is 12.1 Å². The second kappa shape index (κ2) is 8.65. The number of nitrogens with zero attached hydrogens (tertiary/aromatic N) is 1. The number of hydrogen-bond acceptors (Lipinski definition) is 3. The minimum atomic E-state index is -0.509. The number of carbonyl (C=O) groups is 2. The number of primary amides is 1. The molecule has 2 N–H and O–H groups in total. The number of carbonyl (C=O) groups excluding carboxylic acids is 2. The van der Waals surface area contributed by atoms with Gasteiger partial charge in [-0.15, -0.1) is 0 Å². The second-order valence-corrected chi connectivity index (χ2v) is 7.97. The fraction of sp³-hybridized carbons (Fsp3) is 0.364. The molecule has 1 atom stereocenters. The summed E-state index contributed by atoms with van der Waals surface area (Å²) in [6, 6.07) is 14.7. The van der Waals surface area contributed by atoms with Crippen LogP contribution < -0.4 is 10.5 Å². The predicted molar refractivity (Wildman–Crippen MR) is 110 cm³/mol. The maximum absolute atomic E-state index is 13.1. The quantitative estimate of drug-likeness (QED) is 0.800. The van der Waals surface area contributed by atoms with Gasteiger partial charge < -0.3 is 15.4 Å². The smallest absolute Gasteiger partial charge is 0.254 e. The van der Waals surface area contributed by atoms with Crippen LogP contribution in [0.5, 0.6) is 5.75 Å². The molecule has 1 saturated heterocycles. The molecule has 0 saturated carbocycles. The Kier molecular flexibility index (Phi) is 6.25. The molecule has 0 radical (unpaired) electrons. The third-order valence-corrected chi connectivity index (χ3v) is 5.45. The van der Waals surface area contributed by atoms with Crippen molar-refractivity contribution >= 4 is 23.4 Å². The molecule has 0 aromatic heterocycles. The zero-order valence-corrected chi connectivity index (χ0v) is 16.7. The van der Waals surface area contributed by atoms with Gasteiger partial charge in [0.25, 0.3) is 5.91 Å². The summed E-state index contributed by atoms with van der Waals surface area (Å²) in [7, 11) is 0. The molecule has 2 aromatic carbocycles. The van der Waals surface area contributed by atoms with Crippen LogP contribution in [0.1, 0.15) is 35.2 Å². The monoisotopic (exact) mass is 400 g/mol. The number of likely N-dealkylation sites (tertiary alicyclic amines) is 1. The van der Waals surface area contributed by atoms with Gasteiger partial charge in [0.15, 0.2) is 0 Å². The van der Waals surface area contributed by atoms with E-state index in [1.807, 2.05) is 48.2 Å². The molecule has 0 bridgehead atoms. The Hall–Kier alpha value is -2.53. The minimum Gasteiger partial charge on any atom is -0.493 e. The van der Waals surface area contributed by atoms with Crippen LogP contribution in [0.4, 0.5) is 0 Å². The van der Waals surface area contributed by atoms with Crippen molar-refractivity contribution < 1.29 is 14.3 Å². The Labute approximate surface area is 170 Å². The summed E-state index contributed by atoms with van der Waals surface area (Å²) >= 11 is 6.03. The lowest BCUT2D eigenvalue weighted by Crippen LogP contribution is -2.50. The normalized spacial score (nSPS) is 19.3. The summed E-state index contributed by atoms with van der Waals surface area (Å²) in [5, 5.41) is 0.585. The Bertz CT molecular complexity index is 870. The van der Waals surface area contributed by atoms with Crippen molar-refractivity contribution in [3.63, 3.8) is 0 Å². The summed E-state index contributed by atoms with van der Waals surface area (Å²) in [4.78, 5) is 26.7. The van der Waals surface area contributed by atoms with Gasteiger partial charge >= 0.3 is 0 Å². The van der Waals surface area contributed by atoms with Crippen molar-refractivity contribution in [2.24, 2.45) is 11.1 Å². The molecule has 148 valence electrons. The van der Waals surface area contributed by atoms with Crippen molar-refractivity contribution in [1.82, 2.24) is 4.90 Å². The molecule has 0 spiro atoms. The summed E-state index contributed by atoms with van der Waals surface area (Å²) in [5.74, 6) is 0.230. The van der Waals surface area contributed by atoms with Gasteiger partial charge in [0.1, 0.15) is 5.75 Å². The number of halogens is 1.